The molecule has 4 rings (SSSR count). The molecule has 1 aromatic carbocycles. The van der Waals surface area contributed by atoms with Crippen LogP contribution in [0, 0.1) is 0 Å². The van der Waals surface area contributed by atoms with Gasteiger partial charge in [0.1, 0.15) is 6.33 Å². The maximum absolute atomic E-state index is 12.8. The number of hydrogen-bond acceptors (Lipinski definition) is 5. The fourth-order valence-electron chi connectivity index (χ4n) is 3.83. The van der Waals surface area contributed by atoms with Crippen LogP contribution in [-0.2, 0) is 17.6 Å². The zero-order chi connectivity index (χ0) is 19.3. The van der Waals surface area contributed by atoms with Crippen molar-refractivity contribution in [2.75, 3.05) is 26.7 Å². The summed E-state index contributed by atoms with van der Waals surface area (Å²) in [6.45, 7) is 3.09. The zero-order valence-corrected chi connectivity index (χ0v) is 16.2. The largest absolute Gasteiger partial charge is 0.341 e. The van der Waals surface area contributed by atoms with Crippen LogP contribution in [0.5, 0.6) is 0 Å². The summed E-state index contributed by atoms with van der Waals surface area (Å²) in [5.41, 5.74) is 2.22. The molecule has 0 bridgehead atoms. The normalized spacial score (nSPS) is 17.7. The first kappa shape index (κ1) is 18.6. The second-order valence-electron chi connectivity index (χ2n) is 7.48. The summed E-state index contributed by atoms with van der Waals surface area (Å²) in [5.74, 6) is 0.669. The number of amides is 1. The molecular weight excluding hydrogens is 352 g/mol. The van der Waals surface area contributed by atoms with Gasteiger partial charge in [-0.05, 0) is 36.9 Å². The van der Waals surface area contributed by atoms with Crippen LogP contribution in [0.3, 0.4) is 0 Å². The molecule has 3 aromatic rings. The minimum Gasteiger partial charge on any atom is -0.341 e. The maximum Gasteiger partial charge on any atom is 0.252 e. The molecule has 0 unspecified atom stereocenters. The van der Waals surface area contributed by atoms with E-state index in [4.69, 9.17) is 0 Å². The number of aromatic nitrogens is 4. The van der Waals surface area contributed by atoms with Crippen LogP contribution < -0.4 is 0 Å². The van der Waals surface area contributed by atoms with E-state index in [1.807, 2.05) is 18.1 Å². The van der Waals surface area contributed by atoms with E-state index < -0.39 is 0 Å². The molecule has 28 heavy (non-hydrogen) atoms. The summed E-state index contributed by atoms with van der Waals surface area (Å²) in [5, 5.41) is 4.09. The molecule has 3 heterocycles. The van der Waals surface area contributed by atoms with Crippen molar-refractivity contribution < 1.29 is 4.79 Å². The van der Waals surface area contributed by atoms with Crippen molar-refractivity contribution in [3.63, 3.8) is 0 Å². The molecule has 0 aliphatic carbocycles. The Hall–Kier alpha value is -2.80. The lowest BCUT2D eigenvalue weighted by Gasteiger charge is -2.37. The molecule has 2 aromatic heterocycles. The molecule has 1 fully saturated rings. The van der Waals surface area contributed by atoms with E-state index >= 15 is 0 Å². The highest BCUT2D eigenvalue weighted by Crippen LogP contribution is 2.17. The highest BCUT2D eigenvalue weighted by molar-refractivity contribution is 5.78. The van der Waals surface area contributed by atoms with Crippen LogP contribution in [0.4, 0.5) is 0 Å². The van der Waals surface area contributed by atoms with Gasteiger partial charge in [0.25, 0.3) is 5.78 Å². The summed E-state index contributed by atoms with van der Waals surface area (Å²) in [6.07, 6.45) is 8.58. The Morgan fingerprint density at radius 3 is 2.93 bits per heavy atom. The molecule has 0 radical (unpaired) electrons. The van der Waals surface area contributed by atoms with E-state index in [1.54, 1.807) is 10.7 Å². The summed E-state index contributed by atoms with van der Waals surface area (Å²) >= 11 is 0. The first-order chi connectivity index (χ1) is 13.7. The lowest BCUT2D eigenvalue weighted by atomic mass is 10.0. The highest BCUT2D eigenvalue weighted by Gasteiger charge is 2.26. The van der Waals surface area contributed by atoms with Gasteiger partial charge in [0.2, 0.25) is 5.91 Å². The fourth-order valence-corrected chi connectivity index (χ4v) is 3.83. The van der Waals surface area contributed by atoms with E-state index in [0.29, 0.717) is 12.2 Å². The Morgan fingerprint density at radius 2 is 2.07 bits per heavy atom. The van der Waals surface area contributed by atoms with E-state index in [2.05, 4.69) is 50.3 Å². The van der Waals surface area contributed by atoms with Crippen molar-refractivity contribution in [1.82, 2.24) is 29.4 Å². The fraction of sp³-hybridized carbons (Fsp3) is 0.429. The first-order valence-electron chi connectivity index (χ1n) is 9.85. The van der Waals surface area contributed by atoms with Gasteiger partial charge in [-0.25, -0.2) is 9.50 Å². The summed E-state index contributed by atoms with van der Waals surface area (Å²) < 4.78 is 1.61. The molecule has 0 saturated carbocycles. The Bertz CT molecular complexity index is 925. The van der Waals surface area contributed by atoms with Gasteiger partial charge in [-0.1, -0.05) is 30.3 Å². The number of likely N-dealkylation sites (N-methyl/N-ethyl adjacent to an activating group) is 1. The Labute approximate surface area is 165 Å². The number of carbonyl (C=O) groups excluding carboxylic acids is 1. The second-order valence-corrected chi connectivity index (χ2v) is 7.48. The molecule has 146 valence electrons. The number of piperidine rings is 1. The van der Waals surface area contributed by atoms with Crippen molar-refractivity contribution in [3.8, 4) is 0 Å². The van der Waals surface area contributed by atoms with Crippen LogP contribution in [-0.4, -0.2) is 68.0 Å². The summed E-state index contributed by atoms with van der Waals surface area (Å²) in [6, 6.07) is 10.9. The predicted molar refractivity (Wildman–Crippen MR) is 107 cm³/mol. The Balaban J connectivity index is 1.32. The highest BCUT2D eigenvalue weighted by atomic mass is 16.2. The number of fused-ring (bicyclic) bond motifs is 1. The number of likely N-dealkylation sites (tertiary alicyclic amines) is 1. The summed E-state index contributed by atoms with van der Waals surface area (Å²) in [7, 11) is 1.93. The predicted octanol–water partition coefficient (Wildman–Crippen LogP) is 1.83. The van der Waals surface area contributed by atoms with Gasteiger partial charge in [0.05, 0.1) is 6.42 Å². The molecular formula is C21H26N6O. The standard InChI is InChI=1S/C21H26N6O/c1-25(20(28)12-18-13-22-21-23-16-24-27(21)14-18)19-8-5-10-26(15-19)11-9-17-6-3-2-4-7-17/h2-4,6-7,13-14,16,19H,5,8-12,15H2,1H3/t19-/m0/s1. The SMILES string of the molecule is CN(C(=O)Cc1cnc2ncnn2c1)[C@H]1CCCN(CCc2ccccc2)C1. The van der Waals surface area contributed by atoms with Gasteiger partial charge >= 0.3 is 0 Å². The van der Waals surface area contributed by atoms with Crippen LogP contribution in [0.15, 0.2) is 49.1 Å². The van der Waals surface area contributed by atoms with Crippen LogP contribution in [0.25, 0.3) is 5.78 Å². The average molecular weight is 378 g/mol. The Kier molecular flexibility index (Phi) is 5.62. The monoisotopic (exact) mass is 378 g/mol. The average Bonchev–Trinajstić information content (AvgIpc) is 3.20. The minimum absolute atomic E-state index is 0.121. The molecule has 7 nitrogen and oxygen atoms in total. The van der Waals surface area contributed by atoms with E-state index in [0.717, 1.165) is 44.5 Å². The molecule has 0 spiro atoms. The topological polar surface area (TPSA) is 66.6 Å². The van der Waals surface area contributed by atoms with Crippen molar-refractivity contribution >= 4 is 11.7 Å². The van der Waals surface area contributed by atoms with Gasteiger partial charge < -0.3 is 9.80 Å². The van der Waals surface area contributed by atoms with Crippen LogP contribution >= 0.6 is 0 Å². The number of hydrogen-bond donors (Lipinski definition) is 0. The quantitative estimate of drug-likeness (QED) is 0.655. The third-order valence-electron chi connectivity index (χ3n) is 5.52. The van der Waals surface area contributed by atoms with Crippen LogP contribution in [0.1, 0.15) is 24.0 Å². The lowest BCUT2D eigenvalue weighted by molar-refractivity contribution is -0.132. The van der Waals surface area contributed by atoms with Crippen molar-refractivity contribution in [1.29, 1.82) is 0 Å². The van der Waals surface area contributed by atoms with Gasteiger partial charge in [-0.15, -0.1) is 0 Å². The van der Waals surface area contributed by atoms with Crippen molar-refractivity contribution in [2.45, 2.75) is 31.7 Å². The molecule has 1 atom stereocenters. The minimum atomic E-state index is 0.121. The number of nitrogens with zero attached hydrogens (tertiary/aromatic N) is 6. The second kappa shape index (κ2) is 8.48. The first-order valence-corrected chi connectivity index (χ1v) is 9.85. The van der Waals surface area contributed by atoms with Gasteiger partial charge in [0, 0.05) is 38.6 Å². The number of benzene rings is 1. The third kappa shape index (κ3) is 4.36. The van der Waals surface area contributed by atoms with Gasteiger partial charge in [-0.3, -0.25) is 4.79 Å². The van der Waals surface area contributed by atoms with E-state index in [-0.39, 0.29) is 11.9 Å². The smallest absolute Gasteiger partial charge is 0.252 e. The van der Waals surface area contributed by atoms with Crippen LogP contribution in [0.2, 0.25) is 0 Å². The molecule has 0 N–H and O–H groups in total. The third-order valence-corrected chi connectivity index (χ3v) is 5.52. The maximum atomic E-state index is 12.8. The van der Waals surface area contributed by atoms with Crippen molar-refractivity contribution in [3.05, 3.63) is 60.2 Å². The Morgan fingerprint density at radius 1 is 1.21 bits per heavy atom. The lowest BCUT2D eigenvalue weighted by Crippen LogP contribution is -2.49. The molecule has 7 heteroatoms. The molecule has 1 amide bonds. The molecule has 1 aliphatic heterocycles. The molecule has 1 saturated heterocycles. The number of carbonyl (C=O) groups is 1. The van der Waals surface area contributed by atoms with Crippen molar-refractivity contribution in [2.24, 2.45) is 0 Å². The summed E-state index contributed by atoms with van der Waals surface area (Å²) in [4.78, 5) is 25.5. The molecule has 1 aliphatic rings. The number of rotatable bonds is 6. The van der Waals surface area contributed by atoms with Gasteiger partial charge in [-0.2, -0.15) is 10.1 Å². The zero-order valence-electron chi connectivity index (χ0n) is 16.2. The van der Waals surface area contributed by atoms with E-state index in [9.17, 15) is 4.79 Å². The van der Waals surface area contributed by atoms with E-state index in [1.165, 1.54) is 11.9 Å². The van der Waals surface area contributed by atoms with Gasteiger partial charge in [0.15, 0.2) is 0 Å².